The fraction of sp³-hybridized carbons (Fsp3) is 0.800. The summed E-state index contributed by atoms with van der Waals surface area (Å²) in [6.45, 7) is 5.09. The van der Waals surface area contributed by atoms with Gasteiger partial charge in [-0.3, -0.25) is 4.79 Å². The summed E-state index contributed by atoms with van der Waals surface area (Å²) in [4.78, 5) is 11.9. The SMILES string of the molecule is C[C@@H]1C(=O)O[C@@H]2[C@H]1CC[C@@](C)(O)[C@]1(O)C=C[C@H](O)[C@@]21C. The van der Waals surface area contributed by atoms with Gasteiger partial charge in [0.25, 0.3) is 0 Å². The van der Waals surface area contributed by atoms with E-state index in [1.54, 1.807) is 13.8 Å². The molecule has 1 heterocycles. The summed E-state index contributed by atoms with van der Waals surface area (Å²) in [7, 11) is 0. The molecule has 5 heteroatoms. The Morgan fingerprint density at radius 2 is 2.00 bits per heavy atom. The number of aliphatic hydroxyl groups is 3. The molecular weight excluding hydrogens is 260 g/mol. The summed E-state index contributed by atoms with van der Waals surface area (Å²) in [5.41, 5.74) is -4.10. The van der Waals surface area contributed by atoms with Crippen molar-refractivity contribution in [3.8, 4) is 0 Å². The number of aliphatic hydroxyl groups excluding tert-OH is 1. The maximum absolute atomic E-state index is 11.9. The summed E-state index contributed by atoms with van der Waals surface area (Å²) in [6, 6.07) is 0. The molecule has 0 aromatic carbocycles. The van der Waals surface area contributed by atoms with Gasteiger partial charge in [0.05, 0.1) is 23.0 Å². The molecular formula is C15H22O5. The summed E-state index contributed by atoms with van der Waals surface area (Å²) in [5, 5.41) is 32.2. The maximum atomic E-state index is 11.9. The lowest BCUT2D eigenvalue weighted by Gasteiger charge is -2.49. The molecule has 0 spiro atoms. The maximum Gasteiger partial charge on any atom is 0.309 e. The van der Waals surface area contributed by atoms with Crippen LogP contribution in [0.2, 0.25) is 0 Å². The third kappa shape index (κ3) is 1.36. The van der Waals surface area contributed by atoms with Crippen LogP contribution in [-0.2, 0) is 9.53 Å². The summed E-state index contributed by atoms with van der Waals surface area (Å²) in [5.74, 6) is -0.658. The van der Waals surface area contributed by atoms with Crippen LogP contribution >= 0.6 is 0 Å². The molecule has 0 unspecified atom stereocenters. The summed E-state index contributed by atoms with van der Waals surface area (Å²) in [6.07, 6.45) is 2.36. The zero-order chi connectivity index (χ0) is 14.9. The minimum atomic E-state index is -1.61. The predicted octanol–water partition coefficient (Wildman–Crippen LogP) is 0.377. The smallest absolute Gasteiger partial charge is 0.309 e. The quantitative estimate of drug-likeness (QED) is 0.441. The van der Waals surface area contributed by atoms with Gasteiger partial charge in [0.1, 0.15) is 11.7 Å². The number of fused-ring (bicyclic) bond motifs is 3. The summed E-state index contributed by atoms with van der Waals surface area (Å²) >= 11 is 0. The highest BCUT2D eigenvalue weighted by molar-refractivity contribution is 5.75. The zero-order valence-electron chi connectivity index (χ0n) is 12.0. The van der Waals surface area contributed by atoms with Crippen molar-refractivity contribution in [3.05, 3.63) is 12.2 Å². The lowest BCUT2D eigenvalue weighted by atomic mass is 9.62. The molecule has 7 atom stereocenters. The van der Waals surface area contributed by atoms with Crippen LogP contribution in [0, 0.1) is 17.3 Å². The minimum absolute atomic E-state index is 0.0949. The second kappa shape index (κ2) is 3.84. The molecule has 5 nitrogen and oxygen atoms in total. The van der Waals surface area contributed by atoms with Gasteiger partial charge in [-0.1, -0.05) is 19.1 Å². The van der Waals surface area contributed by atoms with E-state index in [1.165, 1.54) is 12.2 Å². The van der Waals surface area contributed by atoms with Gasteiger partial charge in [0.15, 0.2) is 0 Å². The van der Waals surface area contributed by atoms with E-state index in [0.29, 0.717) is 12.8 Å². The lowest BCUT2D eigenvalue weighted by molar-refractivity contribution is -0.215. The Bertz CT molecular complexity index is 485. The molecule has 3 N–H and O–H groups in total. The van der Waals surface area contributed by atoms with E-state index in [-0.39, 0.29) is 17.8 Å². The number of carbonyl (C=O) groups excluding carboxylic acids is 1. The van der Waals surface area contributed by atoms with E-state index in [2.05, 4.69) is 0 Å². The standard InChI is InChI=1S/C15H22O5/c1-8-9-4-6-13(2,18)15(19)7-5-10(16)14(15,3)11(9)20-12(8)17/h5,7-11,16,18-19H,4,6H2,1-3H3/t8-,9-,10-,11+,13+,14-,15+/m0/s1. The van der Waals surface area contributed by atoms with E-state index in [0.717, 1.165) is 0 Å². The number of ether oxygens (including phenoxy) is 1. The number of hydrogen-bond acceptors (Lipinski definition) is 5. The van der Waals surface area contributed by atoms with Crippen LogP contribution in [-0.4, -0.2) is 44.7 Å². The van der Waals surface area contributed by atoms with E-state index in [9.17, 15) is 20.1 Å². The highest BCUT2D eigenvalue weighted by Crippen LogP contribution is 2.59. The number of hydrogen-bond donors (Lipinski definition) is 3. The van der Waals surface area contributed by atoms with Gasteiger partial charge in [0, 0.05) is 5.92 Å². The van der Waals surface area contributed by atoms with Crippen molar-refractivity contribution < 1.29 is 24.9 Å². The Hall–Kier alpha value is -0.910. The van der Waals surface area contributed by atoms with E-state index >= 15 is 0 Å². The molecule has 0 bridgehead atoms. The van der Waals surface area contributed by atoms with Crippen LogP contribution in [0.5, 0.6) is 0 Å². The first-order chi connectivity index (χ1) is 9.15. The third-order valence-corrected chi connectivity index (χ3v) is 5.98. The van der Waals surface area contributed by atoms with Crippen molar-refractivity contribution in [2.24, 2.45) is 17.3 Å². The van der Waals surface area contributed by atoms with Crippen molar-refractivity contribution in [1.29, 1.82) is 0 Å². The van der Waals surface area contributed by atoms with Crippen LogP contribution in [0.3, 0.4) is 0 Å². The Balaban J connectivity index is 2.15. The van der Waals surface area contributed by atoms with Crippen molar-refractivity contribution in [2.75, 3.05) is 0 Å². The van der Waals surface area contributed by atoms with Gasteiger partial charge in [-0.05, 0) is 26.7 Å². The molecule has 1 saturated carbocycles. The van der Waals surface area contributed by atoms with Gasteiger partial charge in [-0.2, -0.15) is 0 Å². The first kappa shape index (κ1) is 14.0. The van der Waals surface area contributed by atoms with Crippen molar-refractivity contribution >= 4 is 5.97 Å². The van der Waals surface area contributed by atoms with Gasteiger partial charge >= 0.3 is 5.97 Å². The molecule has 2 fully saturated rings. The monoisotopic (exact) mass is 282 g/mol. The second-order valence-corrected chi connectivity index (χ2v) is 6.98. The topological polar surface area (TPSA) is 87.0 Å². The molecule has 112 valence electrons. The molecule has 0 radical (unpaired) electrons. The molecule has 0 aromatic rings. The van der Waals surface area contributed by atoms with Crippen molar-refractivity contribution in [1.82, 2.24) is 0 Å². The van der Waals surface area contributed by atoms with Gasteiger partial charge in [0.2, 0.25) is 0 Å². The highest BCUT2D eigenvalue weighted by atomic mass is 16.6. The average Bonchev–Trinajstić information content (AvgIpc) is 2.77. The Labute approximate surface area is 118 Å². The Morgan fingerprint density at radius 1 is 1.35 bits per heavy atom. The number of carbonyl (C=O) groups is 1. The van der Waals surface area contributed by atoms with Crippen LogP contribution < -0.4 is 0 Å². The van der Waals surface area contributed by atoms with Crippen LogP contribution in [0.4, 0.5) is 0 Å². The molecule has 3 rings (SSSR count). The lowest BCUT2D eigenvalue weighted by Crippen LogP contribution is -2.64. The molecule has 1 aliphatic heterocycles. The van der Waals surface area contributed by atoms with Crippen molar-refractivity contribution in [2.45, 2.75) is 57.0 Å². The molecule has 20 heavy (non-hydrogen) atoms. The molecule has 3 aliphatic rings. The first-order valence-corrected chi connectivity index (χ1v) is 7.18. The van der Waals surface area contributed by atoms with E-state index in [4.69, 9.17) is 4.74 Å². The van der Waals surface area contributed by atoms with Crippen LogP contribution in [0.25, 0.3) is 0 Å². The fourth-order valence-corrected chi connectivity index (χ4v) is 4.34. The van der Waals surface area contributed by atoms with Gasteiger partial charge in [-0.15, -0.1) is 0 Å². The zero-order valence-corrected chi connectivity index (χ0v) is 12.0. The molecule has 0 aromatic heterocycles. The summed E-state index contributed by atoms with van der Waals surface area (Å²) < 4.78 is 5.49. The van der Waals surface area contributed by atoms with E-state index < -0.39 is 28.8 Å². The average molecular weight is 282 g/mol. The van der Waals surface area contributed by atoms with Crippen molar-refractivity contribution in [3.63, 3.8) is 0 Å². The third-order valence-electron chi connectivity index (χ3n) is 5.98. The largest absolute Gasteiger partial charge is 0.461 e. The Morgan fingerprint density at radius 3 is 2.65 bits per heavy atom. The van der Waals surface area contributed by atoms with E-state index in [1.807, 2.05) is 6.92 Å². The molecule has 1 saturated heterocycles. The van der Waals surface area contributed by atoms with Gasteiger partial charge in [-0.25, -0.2) is 0 Å². The highest BCUT2D eigenvalue weighted by Gasteiger charge is 2.70. The van der Waals surface area contributed by atoms with Gasteiger partial charge < -0.3 is 20.1 Å². The fourth-order valence-electron chi connectivity index (χ4n) is 4.34. The molecule has 2 aliphatic carbocycles. The predicted molar refractivity (Wildman–Crippen MR) is 70.6 cm³/mol. The number of esters is 1. The van der Waals surface area contributed by atoms with Crippen LogP contribution in [0.15, 0.2) is 12.2 Å². The Kier molecular flexibility index (Phi) is 2.70. The minimum Gasteiger partial charge on any atom is -0.461 e. The normalized spacial score (nSPS) is 58.0. The second-order valence-electron chi connectivity index (χ2n) is 6.98. The molecule has 0 amide bonds. The van der Waals surface area contributed by atoms with Crippen LogP contribution in [0.1, 0.15) is 33.6 Å². The number of rotatable bonds is 0. The first-order valence-electron chi connectivity index (χ1n) is 7.18.